The molecule has 1 rings (SSSR count). The molecule has 7 heteroatoms. The average Bonchev–Trinajstić information content (AvgIpc) is 2.73. The molecule has 0 unspecified atom stereocenters. The molecule has 0 radical (unpaired) electrons. The minimum atomic E-state index is 0.503. The van der Waals surface area contributed by atoms with Crippen molar-refractivity contribution in [2.45, 2.75) is 12.7 Å². The molecule has 0 aliphatic rings. The molecule has 6 nitrogen and oxygen atoms in total. The first kappa shape index (κ1) is 13.4. The Balaban J connectivity index is 2.13. The van der Waals surface area contributed by atoms with Crippen molar-refractivity contribution in [2.75, 3.05) is 19.3 Å². The summed E-state index contributed by atoms with van der Waals surface area (Å²) in [4.78, 5) is 10.9. The predicted molar refractivity (Wildman–Crippen MR) is 69.6 cm³/mol. The van der Waals surface area contributed by atoms with E-state index in [4.69, 9.17) is 5.26 Å². The number of aromatic amines is 1. The summed E-state index contributed by atoms with van der Waals surface area (Å²) < 4.78 is 0. The molecular formula is C10H16N6S. The molecule has 0 saturated heterocycles. The lowest BCUT2D eigenvalue weighted by Crippen LogP contribution is -2.35. The molecule has 1 heterocycles. The van der Waals surface area contributed by atoms with E-state index in [-0.39, 0.29) is 0 Å². The van der Waals surface area contributed by atoms with Crippen LogP contribution in [0.15, 0.2) is 11.2 Å². The highest BCUT2D eigenvalue weighted by atomic mass is 32.2. The fourth-order valence-corrected chi connectivity index (χ4v) is 1.94. The first-order valence-corrected chi connectivity index (χ1v) is 6.38. The van der Waals surface area contributed by atoms with Crippen molar-refractivity contribution in [3.63, 3.8) is 0 Å². The normalized spacial score (nSPS) is 11.0. The van der Waals surface area contributed by atoms with Crippen LogP contribution in [0.5, 0.6) is 0 Å². The Hall–Kier alpha value is -1.68. The van der Waals surface area contributed by atoms with Crippen LogP contribution in [0.3, 0.4) is 0 Å². The van der Waals surface area contributed by atoms with Gasteiger partial charge in [0.15, 0.2) is 0 Å². The summed E-state index contributed by atoms with van der Waals surface area (Å²) in [5.41, 5.74) is 1.06. The van der Waals surface area contributed by atoms with Crippen molar-refractivity contribution in [2.24, 2.45) is 4.99 Å². The Morgan fingerprint density at radius 3 is 3.12 bits per heavy atom. The molecule has 0 fully saturated rings. The molecule has 0 aliphatic heterocycles. The van der Waals surface area contributed by atoms with Gasteiger partial charge < -0.3 is 15.6 Å². The molecule has 92 valence electrons. The number of rotatable bonds is 5. The Bertz CT molecular complexity index is 405. The van der Waals surface area contributed by atoms with Crippen LogP contribution in [0.25, 0.3) is 0 Å². The molecule has 0 amide bonds. The number of nitrogens with one attached hydrogen (secondary N) is 3. The summed E-state index contributed by atoms with van der Waals surface area (Å²) in [5, 5.41) is 14.2. The lowest BCUT2D eigenvalue weighted by Gasteiger charge is -2.06. The fourth-order valence-electron chi connectivity index (χ4n) is 1.19. The van der Waals surface area contributed by atoms with Gasteiger partial charge in [0.25, 0.3) is 0 Å². The van der Waals surface area contributed by atoms with Crippen molar-refractivity contribution < 1.29 is 0 Å². The standard InChI is InChI=1S/C10H16N6S/c1-8-14-5-9(16-8)6-17-4-3-13-10(12-2)15-7-11/h5H,3-4,6H2,1-2H3,(H,14,16)(H2,12,13,15). The van der Waals surface area contributed by atoms with Gasteiger partial charge in [-0.1, -0.05) is 0 Å². The van der Waals surface area contributed by atoms with E-state index in [1.54, 1.807) is 25.0 Å². The second kappa shape index (κ2) is 7.57. The maximum absolute atomic E-state index is 8.39. The van der Waals surface area contributed by atoms with Gasteiger partial charge in [0, 0.05) is 31.3 Å². The second-order valence-corrected chi connectivity index (χ2v) is 4.37. The number of hydrogen-bond donors (Lipinski definition) is 3. The number of thioether (sulfide) groups is 1. The maximum atomic E-state index is 8.39. The molecule has 17 heavy (non-hydrogen) atoms. The van der Waals surface area contributed by atoms with Crippen molar-refractivity contribution >= 4 is 17.7 Å². The number of aliphatic imine (C=N–C) groups is 1. The third kappa shape index (κ3) is 5.26. The zero-order valence-corrected chi connectivity index (χ0v) is 10.8. The Morgan fingerprint density at radius 2 is 2.53 bits per heavy atom. The lowest BCUT2D eigenvalue weighted by molar-refractivity contribution is 0.917. The number of hydrogen-bond acceptors (Lipinski definition) is 4. The van der Waals surface area contributed by atoms with Gasteiger partial charge in [0.05, 0.1) is 5.69 Å². The highest BCUT2D eigenvalue weighted by molar-refractivity contribution is 7.98. The van der Waals surface area contributed by atoms with E-state index in [0.717, 1.165) is 29.6 Å². The van der Waals surface area contributed by atoms with Crippen molar-refractivity contribution in [1.82, 2.24) is 20.6 Å². The van der Waals surface area contributed by atoms with E-state index in [2.05, 4.69) is 25.6 Å². The van der Waals surface area contributed by atoms with Crippen LogP contribution in [-0.2, 0) is 5.75 Å². The topological polar surface area (TPSA) is 88.9 Å². The third-order valence-corrected chi connectivity index (χ3v) is 2.94. The maximum Gasteiger partial charge on any atom is 0.209 e. The van der Waals surface area contributed by atoms with Gasteiger partial charge in [-0.2, -0.15) is 17.0 Å². The van der Waals surface area contributed by atoms with E-state index in [1.807, 2.05) is 13.1 Å². The Labute approximate surface area is 105 Å². The molecule has 0 atom stereocenters. The lowest BCUT2D eigenvalue weighted by atomic mass is 10.6. The Kier molecular flexibility index (Phi) is 5.96. The van der Waals surface area contributed by atoms with Crippen LogP contribution in [0.4, 0.5) is 0 Å². The average molecular weight is 252 g/mol. The number of H-pyrrole nitrogens is 1. The molecular weight excluding hydrogens is 236 g/mol. The summed E-state index contributed by atoms with van der Waals surface area (Å²) in [5.74, 6) is 3.26. The van der Waals surface area contributed by atoms with E-state index in [1.165, 1.54) is 0 Å². The van der Waals surface area contributed by atoms with Gasteiger partial charge >= 0.3 is 0 Å². The summed E-state index contributed by atoms with van der Waals surface area (Å²) in [6.07, 6.45) is 3.65. The number of nitriles is 1. The molecule has 3 N–H and O–H groups in total. The monoisotopic (exact) mass is 252 g/mol. The largest absolute Gasteiger partial charge is 0.359 e. The SMILES string of the molecule is CNC(=NC#N)NCCSCc1c[nH]c(C)n1. The van der Waals surface area contributed by atoms with Gasteiger partial charge in [0.2, 0.25) is 12.2 Å². The van der Waals surface area contributed by atoms with Gasteiger partial charge in [-0.15, -0.1) is 4.99 Å². The van der Waals surface area contributed by atoms with Crippen LogP contribution in [-0.4, -0.2) is 35.3 Å². The van der Waals surface area contributed by atoms with Crippen molar-refractivity contribution in [1.29, 1.82) is 5.26 Å². The van der Waals surface area contributed by atoms with Crippen LogP contribution in [0, 0.1) is 18.4 Å². The highest BCUT2D eigenvalue weighted by Gasteiger charge is 1.98. The third-order valence-electron chi connectivity index (χ3n) is 1.95. The molecule has 0 aromatic carbocycles. The zero-order valence-electron chi connectivity index (χ0n) is 9.95. The Morgan fingerprint density at radius 1 is 1.71 bits per heavy atom. The minimum Gasteiger partial charge on any atom is -0.359 e. The second-order valence-electron chi connectivity index (χ2n) is 3.27. The first-order valence-electron chi connectivity index (χ1n) is 5.23. The number of guanidine groups is 1. The zero-order chi connectivity index (χ0) is 12.5. The smallest absolute Gasteiger partial charge is 0.209 e. The van der Waals surface area contributed by atoms with Crippen LogP contribution in [0.1, 0.15) is 11.5 Å². The van der Waals surface area contributed by atoms with Crippen molar-refractivity contribution in [3.05, 3.63) is 17.7 Å². The highest BCUT2D eigenvalue weighted by Crippen LogP contribution is 2.08. The number of nitrogens with zero attached hydrogens (tertiary/aromatic N) is 3. The van der Waals surface area contributed by atoms with Gasteiger partial charge in [0.1, 0.15) is 5.82 Å². The molecule has 0 aliphatic carbocycles. The van der Waals surface area contributed by atoms with E-state index in [0.29, 0.717) is 5.96 Å². The van der Waals surface area contributed by atoms with Gasteiger partial charge in [-0.25, -0.2) is 4.98 Å². The molecule has 1 aromatic rings. The van der Waals surface area contributed by atoms with Gasteiger partial charge in [-0.05, 0) is 6.92 Å². The molecule has 1 aromatic heterocycles. The van der Waals surface area contributed by atoms with Crippen molar-refractivity contribution in [3.8, 4) is 6.19 Å². The molecule has 0 saturated carbocycles. The fraction of sp³-hybridized carbons (Fsp3) is 0.500. The summed E-state index contributed by atoms with van der Waals surface area (Å²) in [6.45, 7) is 2.70. The molecule has 0 spiro atoms. The number of aryl methyl sites for hydroxylation is 1. The van der Waals surface area contributed by atoms with Crippen LogP contribution in [0.2, 0.25) is 0 Å². The van der Waals surface area contributed by atoms with Gasteiger partial charge in [-0.3, -0.25) is 0 Å². The van der Waals surface area contributed by atoms with Crippen LogP contribution >= 0.6 is 11.8 Å². The van der Waals surface area contributed by atoms with Crippen LogP contribution < -0.4 is 10.6 Å². The van der Waals surface area contributed by atoms with E-state index < -0.39 is 0 Å². The first-order chi connectivity index (χ1) is 8.26. The summed E-state index contributed by atoms with van der Waals surface area (Å²) >= 11 is 1.78. The minimum absolute atomic E-state index is 0.503. The van der Waals surface area contributed by atoms with E-state index >= 15 is 0 Å². The number of aromatic nitrogens is 2. The van der Waals surface area contributed by atoms with E-state index in [9.17, 15) is 0 Å². The predicted octanol–water partition coefficient (Wildman–Crippen LogP) is 0.597. The summed E-state index contributed by atoms with van der Waals surface area (Å²) in [7, 11) is 1.73. The quantitative estimate of drug-likeness (QED) is 0.309. The molecule has 0 bridgehead atoms. The number of imidazole rings is 1. The summed E-state index contributed by atoms with van der Waals surface area (Å²) in [6, 6.07) is 0.